The third-order valence-corrected chi connectivity index (χ3v) is 8.13. The van der Waals surface area contributed by atoms with Crippen molar-refractivity contribution in [2.24, 2.45) is 0 Å². The Hall–Kier alpha value is 1.89. The number of hydrogen-bond donors (Lipinski definition) is 1. The molecule has 1 heterocycles. The van der Waals surface area contributed by atoms with Gasteiger partial charge in [0.1, 0.15) is 16.7 Å². The molecule has 0 spiro atoms. The first kappa shape index (κ1) is 34.9. The number of benzene rings is 1. The Morgan fingerprint density at radius 2 is 1.52 bits per heavy atom. The van der Waals surface area contributed by atoms with Crippen molar-refractivity contribution in [1.29, 1.82) is 0 Å². The molecule has 0 aliphatic carbocycles. The summed E-state index contributed by atoms with van der Waals surface area (Å²) in [5, 5.41) is 0. The molecular formula is C18H26K2NO9S3+. The normalized spacial score (nSPS) is 18.5. The van der Waals surface area contributed by atoms with E-state index in [4.69, 9.17) is 4.55 Å². The molecule has 0 saturated carbocycles. The van der Waals surface area contributed by atoms with Crippen molar-refractivity contribution in [3.05, 3.63) is 23.8 Å². The summed E-state index contributed by atoms with van der Waals surface area (Å²) < 4.78 is 99.8. The molecular weight excluding hydrogens is 549 g/mol. The minimum atomic E-state index is -4.68. The molecule has 0 fully saturated rings. The third kappa shape index (κ3) is 10.3. The van der Waals surface area contributed by atoms with Crippen LogP contribution in [0.1, 0.15) is 51.5 Å². The molecule has 0 amide bonds. The Balaban J connectivity index is 0.00000512. The van der Waals surface area contributed by atoms with E-state index in [-0.39, 0.29) is 126 Å². The van der Waals surface area contributed by atoms with Gasteiger partial charge in [-0.3, -0.25) is 4.55 Å². The smallest absolute Gasteiger partial charge is 0.748 e. The SMILES string of the molecule is CC1=[N+](CCCCS(=O)(=O)O)c2ccc(S(=O)(=O)[O-])cc2C1(C)CCCCS(=O)(=O)[O-].[K+].[K+]. The number of hydrogen-bond acceptors (Lipinski definition) is 8. The van der Waals surface area contributed by atoms with Crippen LogP contribution in [0.2, 0.25) is 0 Å². The second kappa shape index (κ2) is 13.6. The average molecular weight is 575 g/mol. The first-order valence-corrected chi connectivity index (χ1v) is 14.2. The molecule has 1 atom stereocenters. The number of rotatable bonds is 11. The second-order valence-electron chi connectivity index (χ2n) is 7.91. The van der Waals surface area contributed by atoms with E-state index in [0.717, 1.165) is 5.71 Å². The zero-order valence-electron chi connectivity index (χ0n) is 19.3. The van der Waals surface area contributed by atoms with E-state index in [2.05, 4.69) is 0 Å². The summed E-state index contributed by atoms with van der Waals surface area (Å²) >= 11 is 0. The summed E-state index contributed by atoms with van der Waals surface area (Å²) in [5.41, 5.74) is 1.41. The monoisotopic (exact) mass is 574 g/mol. The number of nitrogens with zero attached hydrogens (tertiary/aromatic N) is 1. The molecule has 0 aromatic heterocycles. The van der Waals surface area contributed by atoms with Crippen molar-refractivity contribution < 1.29 is 146 Å². The van der Waals surface area contributed by atoms with Gasteiger partial charge in [0.15, 0.2) is 5.71 Å². The maximum atomic E-state index is 11.5. The Bertz CT molecular complexity index is 1200. The minimum Gasteiger partial charge on any atom is -0.748 e. The van der Waals surface area contributed by atoms with Gasteiger partial charge in [-0.25, -0.2) is 16.8 Å². The van der Waals surface area contributed by atoms with Crippen LogP contribution in [0.3, 0.4) is 0 Å². The van der Waals surface area contributed by atoms with Crippen molar-refractivity contribution >= 4 is 41.8 Å². The van der Waals surface area contributed by atoms with Gasteiger partial charge in [0.2, 0.25) is 5.69 Å². The van der Waals surface area contributed by atoms with E-state index in [9.17, 15) is 34.4 Å². The fourth-order valence-corrected chi connectivity index (χ4v) is 5.56. The van der Waals surface area contributed by atoms with Gasteiger partial charge in [0.25, 0.3) is 10.1 Å². The van der Waals surface area contributed by atoms with Crippen LogP contribution in [0.25, 0.3) is 0 Å². The molecule has 15 heteroatoms. The van der Waals surface area contributed by atoms with Gasteiger partial charge >= 0.3 is 103 Å². The van der Waals surface area contributed by atoms with Crippen LogP contribution >= 0.6 is 0 Å². The summed E-state index contributed by atoms with van der Waals surface area (Å²) in [4.78, 5) is -0.374. The van der Waals surface area contributed by atoms with Crippen LogP contribution in [0.4, 0.5) is 5.69 Å². The van der Waals surface area contributed by atoms with Gasteiger partial charge in [0, 0.05) is 30.7 Å². The van der Waals surface area contributed by atoms with Crippen LogP contribution in [-0.4, -0.2) is 67.2 Å². The largest absolute Gasteiger partial charge is 1.00 e. The molecule has 1 N–H and O–H groups in total. The fourth-order valence-electron chi connectivity index (χ4n) is 3.94. The average Bonchev–Trinajstić information content (AvgIpc) is 2.81. The van der Waals surface area contributed by atoms with Gasteiger partial charge in [-0.05, 0) is 38.3 Å². The molecule has 1 aliphatic heterocycles. The summed E-state index contributed by atoms with van der Waals surface area (Å²) in [7, 11) is -13.1. The molecule has 0 bridgehead atoms. The zero-order chi connectivity index (χ0) is 23.7. The maximum absolute atomic E-state index is 11.5. The van der Waals surface area contributed by atoms with Crippen molar-refractivity contribution in [1.82, 2.24) is 0 Å². The molecule has 1 unspecified atom stereocenters. The van der Waals surface area contributed by atoms with Crippen molar-refractivity contribution in [2.45, 2.75) is 56.3 Å². The summed E-state index contributed by atoms with van der Waals surface area (Å²) in [6, 6.07) is 4.07. The van der Waals surface area contributed by atoms with Crippen LogP contribution in [0.15, 0.2) is 23.1 Å². The van der Waals surface area contributed by atoms with Crippen LogP contribution in [0.5, 0.6) is 0 Å². The van der Waals surface area contributed by atoms with Crippen molar-refractivity contribution in [2.75, 3.05) is 18.1 Å². The quantitative estimate of drug-likeness (QED) is 0.118. The van der Waals surface area contributed by atoms with Gasteiger partial charge in [-0.2, -0.15) is 13.0 Å². The van der Waals surface area contributed by atoms with E-state index in [1.807, 2.05) is 18.4 Å². The zero-order valence-corrected chi connectivity index (χ0v) is 28.0. The number of fused-ring (bicyclic) bond motifs is 1. The first-order valence-electron chi connectivity index (χ1n) is 9.65. The van der Waals surface area contributed by atoms with Gasteiger partial charge in [0.05, 0.1) is 26.2 Å². The van der Waals surface area contributed by atoms with Crippen molar-refractivity contribution in [3.63, 3.8) is 0 Å². The Morgan fingerprint density at radius 1 is 0.939 bits per heavy atom. The topological polar surface area (TPSA) is 172 Å². The van der Waals surface area contributed by atoms with Crippen molar-refractivity contribution in [3.8, 4) is 0 Å². The summed E-state index contributed by atoms with van der Waals surface area (Å²) in [6.07, 6.45) is 1.62. The standard InChI is InChI=1S/C18H27NO9S3.2K/c1-14-18(2,9-3-5-11-29(20,21)22)16-13-15(31(26,27)28)7-8-17(16)19(14)10-4-6-12-30(23,24)25;;/h7-8,13H,3-6,9-12H2,1-2H3,(H2-,20,21,22,23,24,25,26,27,28);;/q;2*+1/p-1. The molecule has 1 aliphatic rings. The summed E-state index contributed by atoms with van der Waals surface area (Å²) in [5.74, 6) is -0.871. The van der Waals surface area contributed by atoms with Crippen LogP contribution in [-0.2, 0) is 35.8 Å². The third-order valence-electron chi connectivity index (χ3n) is 5.70. The Morgan fingerprint density at radius 3 is 2.03 bits per heavy atom. The van der Waals surface area contributed by atoms with Crippen LogP contribution in [0, 0.1) is 0 Å². The molecule has 2 rings (SSSR count). The number of unbranched alkanes of at least 4 members (excludes halogenated alkanes) is 2. The van der Waals surface area contributed by atoms with Gasteiger partial charge < -0.3 is 9.11 Å². The predicted octanol–water partition coefficient (Wildman–Crippen LogP) is -4.64. The van der Waals surface area contributed by atoms with Crippen LogP contribution < -0.4 is 103 Å². The van der Waals surface area contributed by atoms with E-state index in [1.54, 1.807) is 0 Å². The molecule has 1 aromatic carbocycles. The minimum absolute atomic E-state index is 0. The predicted molar refractivity (Wildman–Crippen MR) is 111 cm³/mol. The van der Waals surface area contributed by atoms with Gasteiger partial charge in [-0.15, -0.1) is 0 Å². The van der Waals surface area contributed by atoms with E-state index >= 15 is 0 Å². The molecule has 176 valence electrons. The second-order valence-corrected chi connectivity index (χ2v) is 12.4. The molecule has 0 radical (unpaired) electrons. The molecule has 10 nitrogen and oxygen atoms in total. The molecule has 33 heavy (non-hydrogen) atoms. The maximum Gasteiger partial charge on any atom is 1.00 e. The molecule has 1 aromatic rings. The van der Waals surface area contributed by atoms with E-state index < -0.39 is 41.5 Å². The van der Waals surface area contributed by atoms with Gasteiger partial charge in [-0.1, -0.05) is 6.42 Å². The van der Waals surface area contributed by atoms with E-state index in [0.29, 0.717) is 37.1 Å². The Kier molecular flexibility index (Phi) is 14.4. The fraction of sp³-hybridized carbons (Fsp3) is 0.611. The molecule has 0 saturated heterocycles. The Labute approximate surface area is 281 Å². The summed E-state index contributed by atoms with van der Waals surface area (Å²) in [6.45, 7) is 4.09. The first-order chi connectivity index (χ1) is 14.0. The van der Waals surface area contributed by atoms with E-state index in [1.165, 1.54) is 18.2 Å².